The molecule has 1 heterocycles. The van der Waals surface area contributed by atoms with Crippen molar-refractivity contribution in [3.63, 3.8) is 0 Å². The lowest BCUT2D eigenvalue weighted by molar-refractivity contribution is -0.668. The molecule has 0 fully saturated rings. The molecule has 0 aliphatic carbocycles. The monoisotopic (exact) mass is 291 g/mol. The summed E-state index contributed by atoms with van der Waals surface area (Å²) < 4.78 is 5.30. The Morgan fingerprint density at radius 1 is 1.30 bits per heavy atom. The summed E-state index contributed by atoms with van der Waals surface area (Å²) >= 11 is 1.46. The molecule has 0 aliphatic rings. The number of carbonyl (C=O) groups is 1. The normalized spacial score (nSPS) is 10.2. The maximum atomic E-state index is 11.7. The minimum atomic E-state index is 0.00527. The van der Waals surface area contributed by atoms with Crippen molar-refractivity contribution in [2.75, 3.05) is 20.2 Å². The first kappa shape index (κ1) is 14.6. The SMILES string of the molecule is COc1ccccc1C[NH2+]CCNC(=O)c1cccs1. The molecule has 0 saturated heterocycles. The number of nitrogens with two attached hydrogens (primary N) is 1. The average molecular weight is 291 g/mol. The Morgan fingerprint density at radius 3 is 2.90 bits per heavy atom. The summed E-state index contributed by atoms with van der Waals surface area (Å²) in [6, 6.07) is 11.7. The van der Waals surface area contributed by atoms with Gasteiger partial charge in [-0.25, -0.2) is 0 Å². The Balaban J connectivity index is 1.68. The molecule has 106 valence electrons. The highest BCUT2D eigenvalue weighted by atomic mass is 32.1. The molecule has 0 spiro atoms. The number of thiophene rings is 1. The third-order valence-electron chi connectivity index (χ3n) is 2.94. The quantitative estimate of drug-likeness (QED) is 0.754. The van der Waals surface area contributed by atoms with Gasteiger partial charge < -0.3 is 15.4 Å². The van der Waals surface area contributed by atoms with Gasteiger partial charge in [-0.3, -0.25) is 4.79 Å². The summed E-state index contributed by atoms with van der Waals surface area (Å²) in [5.41, 5.74) is 1.17. The Labute approximate surface area is 122 Å². The standard InChI is InChI=1S/C15H18N2O2S/c1-19-13-6-3-2-5-12(13)11-16-8-9-17-15(18)14-7-4-10-20-14/h2-7,10,16H,8-9,11H2,1H3,(H,17,18)/p+1. The van der Waals surface area contributed by atoms with Gasteiger partial charge in [-0.05, 0) is 23.6 Å². The molecule has 1 amide bonds. The molecule has 0 atom stereocenters. The molecule has 1 aromatic carbocycles. The van der Waals surface area contributed by atoms with Crippen LogP contribution in [0.25, 0.3) is 0 Å². The average Bonchev–Trinajstić information content (AvgIpc) is 3.01. The number of benzene rings is 1. The van der Waals surface area contributed by atoms with Crippen molar-refractivity contribution in [1.29, 1.82) is 0 Å². The molecule has 5 heteroatoms. The van der Waals surface area contributed by atoms with Crippen LogP contribution in [0.15, 0.2) is 41.8 Å². The number of carbonyl (C=O) groups excluding carboxylic acids is 1. The maximum absolute atomic E-state index is 11.7. The zero-order valence-corrected chi connectivity index (χ0v) is 12.3. The molecule has 0 unspecified atom stereocenters. The number of rotatable bonds is 7. The van der Waals surface area contributed by atoms with Gasteiger partial charge in [0.2, 0.25) is 0 Å². The fraction of sp³-hybridized carbons (Fsp3) is 0.267. The van der Waals surface area contributed by atoms with Crippen LogP contribution >= 0.6 is 11.3 Å². The van der Waals surface area contributed by atoms with E-state index in [2.05, 4.69) is 16.7 Å². The molecule has 20 heavy (non-hydrogen) atoms. The van der Waals surface area contributed by atoms with Crippen molar-refractivity contribution in [1.82, 2.24) is 5.32 Å². The van der Waals surface area contributed by atoms with Gasteiger partial charge in [0.05, 0.1) is 25.1 Å². The molecule has 1 aromatic heterocycles. The minimum absolute atomic E-state index is 0.00527. The molecular weight excluding hydrogens is 272 g/mol. The zero-order valence-electron chi connectivity index (χ0n) is 11.5. The summed E-state index contributed by atoms with van der Waals surface area (Å²) in [5, 5.41) is 6.97. The molecule has 0 aliphatic heterocycles. The number of nitrogens with one attached hydrogen (secondary N) is 1. The summed E-state index contributed by atoms with van der Waals surface area (Å²) in [4.78, 5) is 12.5. The number of hydrogen-bond donors (Lipinski definition) is 2. The largest absolute Gasteiger partial charge is 0.496 e. The lowest BCUT2D eigenvalue weighted by atomic mass is 10.2. The smallest absolute Gasteiger partial charge is 0.261 e. The van der Waals surface area contributed by atoms with Crippen LogP contribution in [0.4, 0.5) is 0 Å². The predicted octanol–water partition coefficient (Wildman–Crippen LogP) is 1.25. The fourth-order valence-electron chi connectivity index (χ4n) is 1.91. The summed E-state index contributed by atoms with van der Waals surface area (Å²) in [6.45, 7) is 2.35. The number of para-hydroxylation sites is 1. The van der Waals surface area contributed by atoms with E-state index in [9.17, 15) is 4.79 Å². The number of ether oxygens (including phenoxy) is 1. The summed E-state index contributed by atoms with van der Waals surface area (Å²) in [6.07, 6.45) is 0. The van der Waals surface area contributed by atoms with Gasteiger partial charge in [-0.15, -0.1) is 11.3 Å². The van der Waals surface area contributed by atoms with Gasteiger partial charge in [0.1, 0.15) is 12.3 Å². The maximum Gasteiger partial charge on any atom is 0.261 e. The van der Waals surface area contributed by atoms with Gasteiger partial charge in [-0.2, -0.15) is 0 Å². The van der Waals surface area contributed by atoms with E-state index in [4.69, 9.17) is 4.74 Å². The topological polar surface area (TPSA) is 54.9 Å². The second-order valence-electron chi connectivity index (χ2n) is 4.33. The number of hydrogen-bond acceptors (Lipinski definition) is 3. The molecule has 0 bridgehead atoms. The molecule has 2 aromatic rings. The van der Waals surface area contributed by atoms with Crippen molar-refractivity contribution in [3.8, 4) is 5.75 Å². The molecule has 3 N–H and O–H groups in total. The number of methoxy groups -OCH3 is 1. The van der Waals surface area contributed by atoms with Crippen LogP contribution in [-0.4, -0.2) is 26.1 Å². The molecular formula is C15H19N2O2S+. The van der Waals surface area contributed by atoms with Crippen molar-refractivity contribution in [2.45, 2.75) is 6.54 Å². The molecule has 4 nitrogen and oxygen atoms in total. The summed E-state index contributed by atoms with van der Waals surface area (Å²) in [7, 11) is 1.68. The minimum Gasteiger partial charge on any atom is -0.496 e. The van der Waals surface area contributed by atoms with E-state index < -0.39 is 0 Å². The number of quaternary nitrogens is 1. The molecule has 0 saturated carbocycles. The van der Waals surface area contributed by atoms with E-state index in [-0.39, 0.29) is 5.91 Å². The first-order valence-corrected chi connectivity index (χ1v) is 7.44. The lowest BCUT2D eigenvalue weighted by Crippen LogP contribution is -2.84. The molecule has 0 radical (unpaired) electrons. The van der Waals surface area contributed by atoms with Crippen LogP contribution in [0.1, 0.15) is 15.2 Å². The van der Waals surface area contributed by atoms with E-state index >= 15 is 0 Å². The highest BCUT2D eigenvalue weighted by Gasteiger charge is 2.06. The van der Waals surface area contributed by atoms with Gasteiger partial charge in [-0.1, -0.05) is 18.2 Å². The van der Waals surface area contributed by atoms with Crippen molar-refractivity contribution < 1.29 is 14.8 Å². The first-order valence-electron chi connectivity index (χ1n) is 6.56. The Bertz CT molecular complexity index is 541. The van der Waals surface area contributed by atoms with E-state index in [1.165, 1.54) is 16.9 Å². The third-order valence-corrected chi connectivity index (χ3v) is 3.80. The number of amides is 1. The van der Waals surface area contributed by atoms with Crippen LogP contribution in [0, 0.1) is 0 Å². The highest BCUT2D eigenvalue weighted by molar-refractivity contribution is 7.12. The lowest BCUT2D eigenvalue weighted by Gasteiger charge is -2.07. The Kier molecular flexibility index (Phi) is 5.58. The van der Waals surface area contributed by atoms with Crippen LogP contribution in [0.5, 0.6) is 5.75 Å². The fourth-order valence-corrected chi connectivity index (χ4v) is 2.55. The van der Waals surface area contributed by atoms with Gasteiger partial charge in [0.15, 0.2) is 0 Å². The van der Waals surface area contributed by atoms with E-state index in [1.54, 1.807) is 7.11 Å². The predicted molar refractivity (Wildman–Crippen MR) is 80.1 cm³/mol. The molecule has 2 rings (SSSR count). The van der Waals surface area contributed by atoms with Gasteiger partial charge >= 0.3 is 0 Å². The summed E-state index contributed by atoms with van der Waals surface area (Å²) in [5.74, 6) is 0.914. The Hall–Kier alpha value is -1.85. The van der Waals surface area contributed by atoms with Crippen LogP contribution < -0.4 is 15.4 Å². The van der Waals surface area contributed by atoms with E-state index in [0.717, 1.165) is 23.7 Å². The van der Waals surface area contributed by atoms with Crippen LogP contribution in [0.2, 0.25) is 0 Å². The van der Waals surface area contributed by atoms with Gasteiger partial charge in [0, 0.05) is 5.56 Å². The van der Waals surface area contributed by atoms with Crippen molar-refractivity contribution in [3.05, 3.63) is 52.2 Å². The zero-order chi connectivity index (χ0) is 14.2. The van der Waals surface area contributed by atoms with Gasteiger partial charge in [0.25, 0.3) is 5.91 Å². The first-order chi connectivity index (χ1) is 9.81. The van der Waals surface area contributed by atoms with E-state index in [1.807, 2.05) is 35.7 Å². The second kappa shape index (κ2) is 7.67. The van der Waals surface area contributed by atoms with Crippen LogP contribution in [0.3, 0.4) is 0 Å². The third kappa shape index (κ3) is 4.08. The Morgan fingerprint density at radius 2 is 2.15 bits per heavy atom. The second-order valence-corrected chi connectivity index (χ2v) is 5.27. The van der Waals surface area contributed by atoms with E-state index in [0.29, 0.717) is 6.54 Å². The van der Waals surface area contributed by atoms with Crippen LogP contribution in [-0.2, 0) is 6.54 Å². The van der Waals surface area contributed by atoms with Crippen molar-refractivity contribution in [2.24, 2.45) is 0 Å². The van der Waals surface area contributed by atoms with Crippen molar-refractivity contribution >= 4 is 17.2 Å². The highest BCUT2D eigenvalue weighted by Crippen LogP contribution is 2.15.